The van der Waals surface area contributed by atoms with Crippen LogP contribution in [0.3, 0.4) is 0 Å². The van der Waals surface area contributed by atoms with E-state index in [0.29, 0.717) is 6.04 Å². The fourth-order valence-corrected chi connectivity index (χ4v) is 5.01. The molecule has 2 heterocycles. The van der Waals surface area contributed by atoms with E-state index in [-0.39, 0.29) is 12.0 Å². The Labute approximate surface area is 191 Å². The molecule has 2 aromatic rings. The zero-order valence-corrected chi connectivity index (χ0v) is 19.4. The van der Waals surface area contributed by atoms with Crippen LogP contribution in [0.5, 0.6) is 5.75 Å². The van der Waals surface area contributed by atoms with E-state index in [9.17, 15) is 4.79 Å². The number of aryl methyl sites for hydroxylation is 2. The van der Waals surface area contributed by atoms with E-state index in [4.69, 9.17) is 16.3 Å². The van der Waals surface area contributed by atoms with E-state index >= 15 is 0 Å². The predicted octanol–water partition coefficient (Wildman–Crippen LogP) is 5.36. The Bertz CT molecular complexity index is 883. The number of hydrogen-bond donors (Lipinski definition) is 0. The Morgan fingerprint density at radius 1 is 1.00 bits per heavy atom. The van der Waals surface area contributed by atoms with Crippen LogP contribution >= 0.6 is 11.6 Å². The molecule has 0 aromatic heterocycles. The molecule has 0 bridgehead atoms. The van der Waals surface area contributed by atoms with Crippen LogP contribution in [0.2, 0.25) is 5.02 Å². The molecular formula is C26H33ClN2O2. The molecular weight excluding hydrogens is 408 g/mol. The highest BCUT2D eigenvalue weighted by Gasteiger charge is 2.30. The minimum Gasteiger partial charge on any atom is -0.490 e. The van der Waals surface area contributed by atoms with Crippen molar-refractivity contribution in [3.8, 4) is 5.75 Å². The minimum absolute atomic E-state index is 0.173. The number of hydrogen-bond acceptors (Lipinski definition) is 3. The molecule has 0 aliphatic carbocycles. The van der Waals surface area contributed by atoms with Crippen molar-refractivity contribution in [2.24, 2.45) is 0 Å². The average Bonchev–Trinajstić information content (AvgIpc) is 2.81. The largest absolute Gasteiger partial charge is 0.490 e. The molecule has 2 aliphatic heterocycles. The number of amides is 1. The van der Waals surface area contributed by atoms with E-state index in [2.05, 4.69) is 24.0 Å². The van der Waals surface area contributed by atoms with Gasteiger partial charge in [0.25, 0.3) is 5.91 Å². The fraction of sp³-hybridized carbons (Fsp3) is 0.500. The summed E-state index contributed by atoms with van der Waals surface area (Å²) in [6.45, 7) is 8.00. The van der Waals surface area contributed by atoms with E-state index in [1.165, 1.54) is 5.56 Å². The second-order valence-corrected chi connectivity index (χ2v) is 9.27. The normalized spacial score (nSPS) is 18.9. The van der Waals surface area contributed by atoms with Crippen molar-refractivity contribution < 1.29 is 9.53 Å². The van der Waals surface area contributed by atoms with Crippen LogP contribution in [0.15, 0.2) is 42.5 Å². The lowest BCUT2D eigenvalue weighted by atomic mass is 9.98. The SMILES string of the molecule is CCc1ccc(C(=O)N2CCC(N3CCC(Oc4ccc(Cl)cc4C)CC3)CC2)cc1. The molecule has 31 heavy (non-hydrogen) atoms. The summed E-state index contributed by atoms with van der Waals surface area (Å²) >= 11 is 6.05. The molecule has 2 saturated heterocycles. The second kappa shape index (κ2) is 10.1. The third kappa shape index (κ3) is 5.42. The highest BCUT2D eigenvalue weighted by atomic mass is 35.5. The summed E-state index contributed by atoms with van der Waals surface area (Å²) in [5, 5.41) is 0.752. The summed E-state index contributed by atoms with van der Waals surface area (Å²) in [5.74, 6) is 1.12. The number of ether oxygens (including phenoxy) is 1. The van der Waals surface area contributed by atoms with Gasteiger partial charge in [-0.15, -0.1) is 0 Å². The first-order valence-electron chi connectivity index (χ1n) is 11.6. The summed E-state index contributed by atoms with van der Waals surface area (Å²) in [6, 6.07) is 14.5. The van der Waals surface area contributed by atoms with E-state index in [1.54, 1.807) is 0 Å². The smallest absolute Gasteiger partial charge is 0.253 e. The number of rotatable bonds is 5. The zero-order chi connectivity index (χ0) is 21.8. The van der Waals surface area contributed by atoms with Gasteiger partial charge in [-0.2, -0.15) is 0 Å². The molecule has 166 valence electrons. The first-order chi connectivity index (χ1) is 15.0. The molecule has 0 unspecified atom stereocenters. The van der Waals surface area contributed by atoms with Crippen LogP contribution in [-0.2, 0) is 6.42 Å². The molecule has 2 fully saturated rings. The van der Waals surface area contributed by atoms with Gasteiger partial charge in [0, 0.05) is 42.8 Å². The first kappa shape index (κ1) is 22.2. The number of likely N-dealkylation sites (tertiary alicyclic amines) is 2. The van der Waals surface area contributed by atoms with Crippen molar-refractivity contribution >= 4 is 17.5 Å². The van der Waals surface area contributed by atoms with Crippen molar-refractivity contribution in [2.75, 3.05) is 26.2 Å². The van der Waals surface area contributed by atoms with Gasteiger partial charge in [-0.1, -0.05) is 30.7 Å². The molecule has 2 aliphatic rings. The molecule has 2 aromatic carbocycles. The molecule has 0 saturated carbocycles. The zero-order valence-electron chi connectivity index (χ0n) is 18.6. The van der Waals surface area contributed by atoms with Crippen LogP contribution in [0.25, 0.3) is 0 Å². The number of carbonyl (C=O) groups is 1. The minimum atomic E-state index is 0.173. The van der Waals surface area contributed by atoms with Crippen molar-refractivity contribution in [3.05, 3.63) is 64.2 Å². The van der Waals surface area contributed by atoms with Gasteiger partial charge < -0.3 is 9.64 Å². The molecule has 0 atom stereocenters. The van der Waals surface area contributed by atoms with E-state index < -0.39 is 0 Å². The van der Waals surface area contributed by atoms with Crippen LogP contribution in [0.4, 0.5) is 0 Å². The van der Waals surface area contributed by atoms with Gasteiger partial charge >= 0.3 is 0 Å². The first-order valence-corrected chi connectivity index (χ1v) is 12.0. The molecule has 0 spiro atoms. The van der Waals surface area contributed by atoms with Gasteiger partial charge in [0.15, 0.2) is 0 Å². The summed E-state index contributed by atoms with van der Waals surface area (Å²) < 4.78 is 6.25. The van der Waals surface area contributed by atoms with Crippen molar-refractivity contribution in [3.63, 3.8) is 0 Å². The molecule has 4 nitrogen and oxygen atoms in total. The van der Waals surface area contributed by atoms with Crippen LogP contribution < -0.4 is 4.74 Å². The van der Waals surface area contributed by atoms with Crippen LogP contribution in [-0.4, -0.2) is 54.0 Å². The molecule has 5 heteroatoms. The van der Waals surface area contributed by atoms with E-state index in [0.717, 1.165) is 80.2 Å². The van der Waals surface area contributed by atoms with Gasteiger partial charge in [0.2, 0.25) is 0 Å². The Morgan fingerprint density at radius 2 is 1.68 bits per heavy atom. The number of benzene rings is 2. The number of halogens is 1. The maximum Gasteiger partial charge on any atom is 0.253 e. The standard InChI is InChI=1S/C26H33ClN2O2/c1-3-20-4-6-21(7-5-20)26(30)29-14-10-23(11-15-29)28-16-12-24(13-17-28)31-25-9-8-22(27)18-19(25)2/h4-9,18,23-24H,3,10-17H2,1-2H3. The quantitative estimate of drug-likeness (QED) is 0.627. The highest BCUT2D eigenvalue weighted by molar-refractivity contribution is 6.30. The summed E-state index contributed by atoms with van der Waals surface area (Å²) in [4.78, 5) is 17.5. The maximum atomic E-state index is 12.8. The Hall–Kier alpha value is -2.04. The van der Waals surface area contributed by atoms with Gasteiger partial charge in [0.05, 0.1) is 0 Å². The maximum absolute atomic E-state index is 12.8. The molecule has 0 radical (unpaired) electrons. The topological polar surface area (TPSA) is 32.8 Å². The van der Waals surface area contributed by atoms with Crippen LogP contribution in [0, 0.1) is 6.92 Å². The Balaban J connectivity index is 1.24. The monoisotopic (exact) mass is 440 g/mol. The highest BCUT2D eigenvalue weighted by Crippen LogP contribution is 2.27. The van der Waals surface area contributed by atoms with Crippen molar-refractivity contribution in [1.82, 2.24) is 9.80 Å². The fourth-order valence-electron chi connectivity index (χ4n) is 4.78. The summed E-state index contributed by atoms with van der Waals surface area (Å²) in [7, 11) is 0. The predicted molar refractivity (Wildman–Crippen MR) is 126 cm³/mol. The lowest BCUT2D eigenvalue weighted by Crippen LogP contribution is -2.50. The van der Waals surface area contributed by atoms with Gasteiger partial charge in [-0.3, -0.25) is 9.69 Å². The molecule has 1 amide bonds. The second-order valence-electron chi connectivity index (χ2n) is 8.84. The summed E-state index contributed by atoms with van der Waals surface area (Å²) in [5.41, 5.74) is 3.18. The lowest BCUT2D eigenvalue weighted by molar-refractivity contribution is 0.0424. The average molecular weight is 441 g/mol. The number of piperidine rings is 2. The van der Waals surface area contributed by atoms with Crippen molar-refractivity contribution in [1.29, 1.82) is 0 Å². The van der Waals surface area contributed by atoms with Gasteiger partial charge in [-0.05, 0) is 80.5 Å². The van der Waals surface area contributed by atoms with Gasteiger partial charge in [0.1, 0.15) is 11.9 Å². The third-order valence-corrected chi connectivity index (χ3v) is 7.02. The Kier molecular flexibility index (Phi) is 7.19. The Morgan fingerprint density at radius 3 is 2.29 bits per heavy atom. The molecule has 0 N–H and O–H groups in total. The van der Waals surface area contributed by atoms with Crippen LogP contribution in [0.1, 0.15) is 54.1 Å². The van der Waals surface area contributed by atoms with E-state index in [1.807, 2.05) is 42.2 Å². The third-order valence-electron chi connectivity index (χ3n) is 6.78. The van der Waals surface area contributed by atoms with Crippen molar-refractivity contribution in [2.45, 2.75) is 58.1 Å². The lowest BCUT2D eigenvalue weighted by Gasteiger charge is -2.41. The van der Waals surface area contributed by atoms with Gasteiger partial charge in [-0.25, -0.2) is 0 Å². The number of carbonyl (C=O) groups excluding carboxylic acids is 1. The number of nitrogens with zero attached hydrogens (tertiary/aromatic N) is 2. The molecule has 4 rings (SSSR count). The summed E-state index contributed by atoms with van der Waals surface area (Å²) in [6.07, 6.45) is 5.47.